The first kappa shape index (κ1) is 14.8. The highest BCUT2D eigenvalue weighted by Gasteiger charge is 2.46. The van der Waals surface area contributed by atoms with Crippen molar-refractivity contribution in [3.05, 3.63) is 36.8 Å². The number of hydrogen-bond acceptors (Lipinski definition) is 4. The third kappa shape index (κ3) is 3.39. The molecule has 116 valence electrons. The minimum Gasteiger partial charge on any atom is -0.472 e. The fourth-order valence-corrected chi connectivity index (χ4v) is 3.71. The first-order valence-corrected chi connectivity index (χ1v) is 7.86. The molecule has 0 aromatic carbocycles. The molecule has 2 aliphatic rings. The minimum atomic E-state index is 0.142. The highest BCUT2D eigenvalue weighted by Crippen LogP contribution is 2.40. The van der Waals surface area contributed by atoms with E-state index >= 15 is 0 Å². The van der Waals surface area contributed by atoms with Gasteiger partial charge in [0.2, 0.25) is 0 Å². The van der Waals surface area contributed by atoms with E-state index in [1.54, 1.807) is 6.26 Å². The maximum absolute atomic E-state index is 6.05. The first-order valence-electron chi connectivity index (χ1n) is 7.86. The van der Waals surface area contributed by atoms with Gasteiger partial charge in [-0.1, -0.05) is 6.08 Å². The monoisotopic (exact) mass is 291 g/mol. The van der Waals surface area contributed by atoms with Crippen LogP contribution in [0.2, 0.25) is 0 Å². The maximum atomic E-state index is 6.05. The van der Waals surface area contributed by atoms with E-state index in [0.717, 1.165) is 45.7 Å². The second-order valence-corrected chi connectivity index (χ2v) is 6.26. The molecule has 1 aromatic rings. The number of fused-ring (bicyclic) bond motifs is 1. The van der Waals surface area contributed by atoms with Crippen molar-refractivity contribution in [2.24, 2.45) is 5.41 Å². The van der Waals surface area contributed by atoms with E-state index in [2.05, 4.69) is 11.5 Å². The second-order valence-electron chi connectivity index (χ2n) is 6.26. The molecule has 4 nitrogen and oxygen atoms in total. The zero-order valence-electron chi connectivity index (χ0n) is 12.6. The van der Waals surface area contributed by atoms with E-state index in [4.69, 9.17) is 13.9 Å². The summed E-state index contributed by atoms with van der Waals surface area (Å²) >= 11 is 0. The van der Waals surface area contributed by atoms with Gasteiger partial charge in [-0.2, -0.15) is 0 Å². The summed E-state index contributed by atoms with van der Waals surface area (Å²) in [6, 6.07) is 2.05. The molecule has 0 aliphatic carbocycles. The summed E-state index contributed by atoms with van der Waals surface area (Å²) in [5.74, 6) is 0. The van der Waals surface area contributed by atoms with E-state index in [1.807, 2.05) is 18.4 Å². The minimum absolute atomic E-state index is 0.142. The molecule has 0 unspecified atom stereocenters. The standard InChI is InChI=1S/C17H25NO3/c1-2-8-20-14-17-6-3-9-21-16(17)4-7-18(13-17)11-15-5-10-19-12-15/h2,5,10,12,16H,1,3-4,6-9,11,13-14H2/t16-,17-/m1/s1. The number of piperidine rings is 1. The molecule has 3 heterocycles. The van der Waals surface area contributed by atoms with Gasteiger partial charge in [0.15, 0.2) is 0 Å². The van der Waals surface area contributed by atoms with Gasteiger partial charge < -0.3 is 13.9 Å². The van der Waals surface area contributed by atoms with Crippen LogP contribution < -0.4 is 0 Å². The Hall–Kier alpha value is -1.10. The Morgan fingerprint density at radius 1 is 1.52 bits per heavy atom. The molecule has 0 spiro atoms. The Kier molecular flexibility index (Phi) is 4.78. The molecule has 0 amide bonds. The van der Waals surface area contributed by atoms with Crippen LogP contribution in [0.3, 0.4) is 0 Å². The predicted molar refractivity (Wildman–Crippen MR) is 81.0 cm³/mol. The number of hydrogen-bond donors (Lipinski definition) is 0. The number of furan rings is 1. The molecule has 0 saturated carbocycles. The lowest BCUT2D eigenvalue weighted by Crippen LogP contribution is -2.56. The lowest BCUT2D eigenvalue weighted by atomic mass is 9.73. The average molecular weight is 291 g/mol. The molecular weight excluding hydrogens is 266 g/mol. The normalized spacial score (nSPS) is 30.0. The molecular formula is C17H25NO3. The zero-order valence-corrected chi connectivity index (χ0v) is 12.6. The quantitative estimate of drug-likeness (QED) is 0.596. The SMILES string of the molecule is C=CCOC[C@]12CCCO[C@@H]1CCN(Cc1ccoc1)C2. The van der Waals surface area contributed by atoms with E-state index in [1.165, 1.54) is 12.0 Å². The summed E-state index contributed by atoms with van der Waals surface area (Å²) in [6.45, 7) is 9.10. The van der Waals surface area contributed by atoms with Crippen molar-refractivity contribution in [3.63, 3.8) is 0 Å². The van der Waals surface area contributed by atoms with Crippen LogP contribution in [0.4, 0.5) is 0 Å². The Balaban J connectivity index is 1.66. The first-order chi connectivity index (χ1) is 10.3. The fourth-order valence-electron chi connectivity index (χ4n) is 3.71. The van der Waals surface area contributed by atoms with Crippen LogP contribution in [-0.4, -0.2) is 43.9 Å². The van der Waals surface area contributed by atoms with Crippen molar-refractivity contribution in [1.29, 1.82) is 0 Å². The topological polar surface area (TPSA) is 34.8 Å². The fraction of sp³-hybridized carbons (Fsp3) is 0.647. The molecule has 2 atom stereocenters. The summed E-state index contributed by atoms with van der Waals surface area (Å²) in [5.41, 5.74) is 1.39. The Labute approximate surface area is 126 Å². The molecule has 2 fully saturated rings. The van der Waals surface area contributed by atoms with Gasteiger partial charge in [-0.3, -0.25) is 4.90 Å². The van der Waals surface area contributed by atoms with E-state index in [0.29, 0.717) is 12.7 Å². The second kappa shape index (κ2) is 6.77. The molecule has 0 N–H and O–H groups in total. The summed E-state index contributed by atoms with van der Waals surface area (Å²) in [6.07, 6.45) is 9.16. The summed E-state index contributed by atoms with van der Waals surface area (Å²) in [4.78, 5) is 2.51. The summed E-state index contributed by atoms with van der Waals surface area (Å²) in [7, 11) is 0. The molecule has 2 saturated heterocycles. The number of nitrogens with zero attached hydrogens (tertiary/aromatic N) is 1. The maximum Gasteiger partial charge on any atom is 0.0947 e. The Morgan fingerprint density at radius 3 is 3.29 bits per heavy atom. The van der Waals surface area contributed by atoms with Gasteiger partial charge in [0.05, 0.1) is 31.8 Å². The molecule has 0 radical (unpaired) electrons. The third-order valence-electron chi connectivity index (χ3n) is 4.68. The van der Waals surface area contributed by atoms with Gasteiger partial charge in [-0.15, -0.1) is 6.58 Å². The van der Waals surface area contributed by atoms with Crippen molar-refractivity contribution >= 4 is 0 Å². The van der Waals surface area contributed by atoms with Gasteiger partial charge in [-0.05, 0) is 25.3 Å². The van der Waals surface area contributed by atoms with Crippen LogP contribution in [0.1, 0.15) is 24.8 Å². The van der Waals surface area contributed by atoms with Gasteiger partial charge in [0, 0.05) is 37.2 Å². The molecule has 1 aromatic heterocycles. The molecule has 0 bridgehead atoms. The molecule has 3 rings (SSSR count). The highest BCUT2D eigenvalue weighted by molar-refractivity contribution is 5.06. The van der Waals surface area contributed by atoms with Crippen molar-refractivity contribution in [2.45, 2.75) is 31.9 Å². The highest BCUT2D eigenvalue weighted by atomic mass is 16.5. The van der Waals surface area contributed by atoms with Crippen molar-refractivity contribution in [2.75, 3.05) is 32.9 Å². The zero-order chi connectivity index (χ0) is 14.5. The van der Waals surface area contributed by atoms with Crippen LogP contribution in [0.25, 0.3) is 0 Å². The number of rotatable bonds is 6. The van der Waals surface area contributed by atoms with Crippen molar-refractivity contribution in [1.82, 2.24) is 4.90 Å². The van der Waals surface area contributed by atoms with E-state index in [-0.39, 0.29) is 5.41 Å². The van der Waals surface area contributed by atoms with Crippen LogP contribution in [-0.2, 0) is 16.0 Å². The van der Waals surface area contributed by atoms with Crippen LogP contribution >= 0.6 is 0 Å². The van der Waals surface area contributed by atoms with Crippen LogP contribution in [0.5, 0.6) is 0 Å². The van der Waals surface area contributed by atoms with Gasteiger partial charge in [-0.25, -0.2) is 0 Å². The van der Waals surface area contributed by atoms with E-state index in [9.17, 15) is 0 Å². The summed E-state index contributed by atoms with van der Waals surface area (Å²) < 4.78 is 17.1. The largest absolute Gasteiger partial charge is 0.472 e. The smallest absolute Gasteiger partial charge is 0.0947 e. The Morgan fingerprint density at radius 2 is 2.48 bits per heavy atom. The predicted octanol–water partition coefficient (Wildman–Crippen LogP) is 2.85. The third-order valence-corrected chi connectivity index (χ3v) is 4.68. The lowest BCUT2D eigenvalue weighted by molar-refractivity contribution is -0.152. The van der Waals surface area contributed by atoms with E-state index < -0.39 is 0 Å². The molecule has 4 heteroatoms. The average Bonchev–Trinajstić information content (AvgIpc) is 3.00. The van der Waals surface area contributed by atoms with Gasteiger partial charge in [0.1, 0.15) is 0 Å². The van der Waals surface area contributed by atoms with Gasteiger partial charge >= 0.3 is 0 Å². The molecule has 2 aliphatic heterocycles. The van der Waals surface area contributed by atoms with Crippen molar-refractivity contribution < 1.29 is 13.9 Å². The van der Waals surface area contributed by atoms with Crippen LogP contribution in [0, 0.1) is 5.41 Å². The van der Waals surface area contributed by atoms with Gasteiger partial charge in [0.25, 0.3) is 0 Å². The molecule has 21 heavy (non-hydrogen) atoms. The van der Waals surface area contributed by atoms with Crippen LogP contribution in [0.15, 0.2) is 35.7 Å². The number of ether oxygens (including phenoxy) is 2. The number of likely N-dealkylation sites (tertiary alicyclic amines) is 1. The Bertz CT molecular complexity index is 445. The summed E-state index contributed by atoms with van der Waals surface area (Å²) in [5, 5.41) is 0. The van der Waals surface area contributed by atoms with Crippen molar-refractivity contribution in [3.8, 4) is 0 Å². The lowest BCUT2D eigenvalue weighted by Gasteiger charge is -2.50.